The van der Waals surface area contributed by atoms with E-state index >= 15 is 0 Å². The highest BCUT2D eigenvalue weighted by Crippen LogP contribution is 2.40. The number of methoxy groups -OCH3 is 1. The SMILES string of the molecule is COc1cccc2cc(C(=O)C3=C(O)C(=O)N(CCOC(C)C)C3c3ccccc3)oc12. The lowest BCUT2D eigenvalue weighted by Crippen LogP contribution is -2.34. The first-order chi connectivity index (χ1) is 15.4. The number of carbonyl (C=O) groups is 2. The standard InChI is InChI=1S/C25H25NO6/c1-15(2)31-13-12-26-21(16-8-5-4-6-9-16)20(23(28)25(26)29)22(27)19-14-17-10-7-11-18(30-3)24(17)32-19/h4-11,14-15,21,28H,12-13H2,1-3H3. The molecule has 1 N–H and O–H groups in total. The van der Waals surface area contributed by atoms with Crippen LogP contribution in [0, 0.1) is 0 Å². The number of Topliss-reactive ketones (excluding diaryl/α,β-unsaturated/α-hetero) is 1. The molecule has 0 fully saturated rings. The van der Waals surface area contributed by atoms with Crippen molar-refractivity contribution in [2.75, 3.05) is 20.3 Å². The summed E-state index contributed by atoms with van der Waals surface area (Å²) in [7, 11) is 1.52. The number of fused-ring (bicyclic) bond motifs is 1. The van der Waals surface area contributed by atoms with Crippen molar-refractivity contribution in [1.82, 2.24) is 4.90 Å². The van der Waals surface area contributed by atoms with Gasteiger partial charge in [-0.15, -0.1) is 0 Å². The summed E-state index contributed by atoms with van der Waals surface area (Å²) in [5.41, 5.74) is 1.14. The van der Waals surface area contributed by atoms with Crippen LogP contribution in [0.4, 0.5) is 0 Å². The van der Waals surface area contributed by atoms with Crippen molar-refractivity contribution in [2.24, 2.45) is 0 Å². The van der Waals surface area contributed by atoms with Crippen molar-refractivity contribution < 1.29 is 28.6 Å². The summed E-state index contributed by atoms with van der Waals surface area (Å²) in [5.74, 6) is -1.20. The molecule has 7 heteroatoms. The van der Waals surface area contributed by atoms with Gasteiger partial charge in [0.25, 0.3) is 5.91 Å². The molecule has 0 aliphatic carbocycles. The molecule has 1 amide bonds. The van der Waals surface area contributed by atoms with Crippen LogP contribution in [0.25, 0.3) is 11.0 Å². The molecule has 1 aliphatic rings. The molecule has 1 aromatic heterocycles. The average molecular weight is 435 g/mol. The van der Waals surface area contributed by atoms with Gasteiger partial charge in [0, 0.05) is 11.9 Å². The Labute approximate surface area is 185 Å². The number of benzene rings is 2. The van der Waals surface area contributed by atoms with Gasteiger partial charge >= 0.3 is 0 Å². The zero-order chi connectivity index (χ0) is 22.8. The van der Waals surface area contributed by atoms with Gasteiger partial charge < -0.3 is 23.9 Å². The van der Waals surface area contributed by atoms with Crippen molar-refractivity contribution >= 4 is 22.7 Å². The van der Waals surface area contributed by atoms with Crippen molar-refractivity contribution in [3.8, 4) is 5.75 Å². The number of ether oxygens (including phenoxy) is 2. The summed E-state index contributed by atoms with van der Waals surface area (Å²) in [6.07, 6.45) is -0.00364. The topological polar surface area (TPSA) is 89.2 Å². The van der Waals surface area contributed by atoms with E-state index in [1.807, 2.05) is 44.2 Å². The largest absolute Gasteiger partial charge is 0.503 e. The Bertz CT molecular complexity index is 1180. The zero-order valence-corrected chi connectivity index (χ0v) is 18.2. The third-order valence-electron chi connectivity index (χ3n) is 5.40. The van der Waals surface area contributed by atoms with Gasteiger partial charge in [-0.1, -0.05) is 42.5 Å². The second kappa shape index (κ2) is 8.88. The number of hydrogen-bond donors (Lipinski definition) is 1. The van der Waals surface area contributed by atoms with Crippen LogP contribution < -0.4 is 4.74 Å². The molecular formula is C25H25NO6. The molecule has 0 spiro atoms. The van der Waals surface area contributed by atoms with E-state index in [4.69, 9.17) is 13.9 Å². The summed E-state index contributed by atoms with van der Waals surface area (Å²) < 4.78 is 16.7. The predicted molar refractivity (Wildman–Crippen MR) is 119 cm³/mol. The first kappa shape index (κ1) is 21.6. The van der Waals surface area contributed by atoms with Crippen LogP contribution in [0.15, 0.2) is 70.3 Å². The van der Waals surface area contributed by atoms with Gasteiger partial charge in [0.2, 0.25) is 5.78 Å². The Hall–Kier alpha value is -3.58. The van der Waals surface area contributed by atoms with Crippen LogP contribution in [-0.2, 0) is 9.53 Å². The first-order valence-electron chi connectivity index (χ1n) is 10.4. The molecule has 32 heavy (non-hydrogen) atoms. The lowest BCUT2D eigenvalue weighted by atomic mass is 9.95. The Kier molecular flexibility index (Phi) is 6.01. The number of aliphatic hydroxyl groups is 1. The number of amides is 1. The summed E-state index contributed by atoms with van der Waals surface area (Å²) >= 11 is 0. The molecular weight excluding hydrogens is 410 g/mol. The minimum absolute atomic E-state index is 0.00364. The van der Waals surface area contributed by atoms with Crippen LogP contribution in [-0.4, -0.2) is 48.1 Å². The number of carbonyl (C=O) groups excluding carboxylic acids is 2. The maximum Gasteiger partial charge on any atom is 0.290 e. The summed E-state index contributed by atoms with van der Waals surface area (Å²) in [6, 6.07) is 15.3. The highest BCUT2D eigenvalue weighted by Gasteiger charge is 2.44. The molecule has 0 bridgehead atoms. The number of para-hydroxylation sites is 1. The minimum Gasteiger partial charge on any atom is -0.503 e. The summed E-state index contributed by atoms with van der Waals surface area (Å²) in [5, 5.41) is 11.4. The van der Waals surface area contributed by atoms with E-state index in [0.29, 0.717) is 22.3 Å². The number of hydrogen-bond acceptors (Lipinski definition) is 6. The number of aliphatic hydroxyl groups excluding tert-OH is 1. The van der Waals surface area contributed by atoms with Gasteiger partial charge in [0.1, 0.15) is 0 Å². The third-order valence-corrected chi connectivity index (χ3v) is 5.40. The quantitative estimate of drug-likeness (QED) is 0.526. The van der Waals surface area contributed by atoms with E-state index < -0.39 is 23.5 Å². The van der Waals surface area contributed by atoms with Crippen molar-refractivity contribution in [3.63, 3.8) is 0 Å². The third kappa shape index (κ3) is 3.87. The predicted octanol–water partition coefficient (Wildman–Crippen LogP) is 4.44. The van der Waals surface area contributed by atoms with Crippen LogP contribution in [0.3, 0.4) is 0 Å². The first-order valence-corrected chi connectivity index (χ1v) is 10.4. The van der Waals surface area contributed by atoms with Gasteiger partial charge in [-0.2, -0.15) is 0 Å². The van der Waals surface area contributed by atoms with Gasteiger partial charge in [-0.3, -0.25) is 9.59 Å². The van der Waals surface area contributed by atoms with Gasteiger partial charge in [-0.25, -0.2) is 0 Å². The highest BCUT2D eigenvalue weighted by molar-refractivity contribution is 6.16. The molecule has 1 aliphatic heterocycles. The number of furan rings is 1. The summed E-state index contributed by atoms with van der Waals surface area (Å²) in [4.78, 5) is 27.9. The van der Waals surface area contributed by atoms with Crippen LogP contribution in [0.1, 0.15) is 36.0 Å². The van der Waals surface area contributed by atoms with E-state index in [0.717, 1.165) is 0 Å². The number of ketones is 1. The monoisotopic (exact) mass is 435 g/mol. The second-order valence-electron chi connectivity index (χ2n) is 7.81. The van der Waals surface area contributed by atoms with Crippen LogP contribution >= 0.6 is 0 Å². The van der Waals surface area contributed by atoms with E-state index in [-0.39, 0.29) is 30.6 Å². The Morgan fingerprint density at radius 3 is 2.59 bits per heavy atom. The lowest BCUT2D eigenvalue weighted by molar-refractivity contribution is -0.130. The highest BCUT2D eigenvalue weighted by atomic mass is 16.5. The van der Waals surface area contributed by atoms with Gasteiger partial charge in [-0.05, 0) is 31.5 Å². The van der Waals surface area contributed by atoms with E-state index in [9.17, 15) is 14.7 Å². The molecule has 3 aromatic rings. The van der Waals surface area contributed by atoms with Crippen LogP contribution in [0.2, 0.25) is 0 Å². The average Bonchev–Trinajstić information content (AvgIpc) is 3.34. The molecule has 1 unspecified atom stereocenters. The minimum atomic E-state index is -0.748. The number of rotatable bonds is 8. The maximum absolute atomic E-state index is 13.5. The smallest absolute Gasteiger partial charge is 0.290 e. The zero-order valence-electron chi connectivity index (χ0n) is 18.2. The summed E-state index contributed by atoms with van der Waals surface area (Å²) in [6.45, 7) is 4.32. The molecule has 2 heterocycles. The molecule has 166 valence electrons. The molecule has 4 rings (SSSR count). The second-order valence-corrected chi connectivity index (χ2v) is 7.81. The molecule has 0 saturated heterocycles. The molecule has 1 atom stereocenters. The van der Waals surface area contributed by atoms with E-state index in [2.05, 4.69) is 0 Å². The molecule has 0 saturated carbocycles. The van der Waals surface area contributed by atoms with Crippen molar-refractivity contribution in [1.29, 1.82) is 0 Å². The lowest BCUT2D eigenvalue weighted by Gasteiger charge is -2.27. The fourth-order valence-corrected chi connectivity index (χ4v) is 3.93. The maximum atomic E-state index is 13.5. The van der Waals surface area contributed by atoms with Crippen molar-refractivity contribution in [3.05, 3.63) is 77.3 Å². The van der Waals surface area contributed by atoms with E-state index in [1.54, 1.807) is 24.3 Å². The Balaban J connectivity index is 1.75. The Morgan fingerprint density at radius 2 is 1.91 bits per heavy atom. The van der Waals surface area contributed by atoms with Gasteiger partial charge in [0.05, 0.1) is 31.4 Å². The molecule has 2 aromatic carbocycles. The van der Waals surface area contributed by atoms with E-state index in [1.165, 1.54) is 12.0 Å². The fourth-order valence-electron chi connectivity index (χ4n) is 3.93. The van der Waals surface area contributed by atoms with Gasteiger partial charge in [0.15, 0.2) is 22.9 Å². The molecule has 7 nitrogen and oxygen atoms in total. The normalized spacial score (nSPS) is 16.4. The molecule has 0 radical (unpaired) electrons. The van der Waals surface area contributed by atoms with Crippen molar-refractivity contribution in [2.45, 2.75) is 26.0 Å². The Morgan fingerprint density at radius 1 is 1.16 bits per heavy atom. The fraction of sp³-hybridized carbons (Fsp3) is 0.280. The number of nitrogens with zero attached hydrogens (tertiary/aromatic N) is 1. The van der Waals surface area contributed by atoms with Crippen LogP contribution in [0.5, 0.6) is 5.75 Å².